The molecule has 1 atom stereocenters. The van der Waals surface area contributed by atoms with Crippen molar-refractivity contribution in [3.8, 4) is 0 Å². The molecule has 1 unspecified atom stereocenters. The normalized spacial score (nSPS) is 23.7. The third-order valence-corrected chi connectivity index (χ3v) is 3.47. The number of anilines is 1. The number of hydrogen-bond acceptors (Lipinski definition) is 5. The second-order valence-electron chi connectivity index (χ2n) is 3.87. The number of rotatable bonds is 1. The molecule has 1 aliphatic carbocycles. The zero-order valence-electron chi connectivity index (χ0n) is 8.53. The zero-order chi connectivity index (χ0) is 10.4. The Morgan fingerprint density at radius 1 is 1.60 bits per heavy atom. The van der Waals surface area contributed by atoms with Gasteiger partial charge >= 0.3 is 0 Å². The Morgan fingerprint density at radius 3 is 3.27 bits per heavy atom. The lowest BCUT2D eigenvalue weighted by atomic mass is 10.2. The van der Waals surface area contributed by atoms with E-state index < -0.39 is 0 Å². The summed E-state index contributed by atoms with van der Waals surface area (Å²) in [7, 11) is 0. The van der Waals surface area contributed by atoms with Crippen LogP contribution in [-0.2, 0) is 6.54 Å². The van der Waals surface area contributed by atoms with Crippen molar-refractivity contribution < 1.29 is 0 Å². The van der Waals surface area contributed by atoms with E-state index in [1.807, 2.05) is 10.9 Å². The van der Waals surface area contributed by atoms with Crippen LogP contribution in [0.25, 0.3) is 0 Å². The fourth-order valence-electron chi connectivity index (χ4n) is 2.13. The lowest BCUT2D eigenvalue weighted by Crippen LogP contribution is -2.27. The molecule has 5 nitrogen and oxygen atoms in total. The average Bonchev–Trinajstić information content (AvgIpc) is 2.79. The number of nitrogens with one attached hydrogen (secondary N) is 1. The first-order chi connectivity index (χ1) is 7.28. The second kappa shape index (κ2) is 3.24. The summed E-state index contributed by atoms with van der Waals surface area (Å²) in [5.74, 6) is 0.829. The summed E-state index contributed by atoms with van der Waals surface area (Å²) in [6.07, 6.45) is 4.10. The Morgan fingerprint density at radius 2 is 2.47 bits per heavy atom. The molecule has 80 valence electrons. The van der Waals surface area contributed by atoms with Gasteiger partial charge in [0.2, 0.25) is 11.1 Å². The number of fused-ring (bicyclic) bond motifs is 1. The number of nitrogens with zero attached hydrogens (tertiary/aromatic N) is 3. The Balaban J connectivity index is 1.95. The molecular formula is C9H13N5S. The number of thioether (sulfide) groups is 1. The Labute approximate surface area is 92.1 Å². The maximum absolute atomic E-state index is 6.00. The van der Waals surface area contributed by atoms with Crippen LogP contribution < -0.4 is 11.1 Å². The average molecular weight is 223 g/mol. The predicted molar refractivity (Wildman–Crippen MR) is 59.7 cm³/mol. The van der Waals surface area contributed by atoms with Gasteiger partial charge in [0, 0.05) is 11.7 Å². The monoisotopic (exact) mass is 223 g/mol. The first-order valence-corrected chi connectivity index (χ1v) is 6.24. The summed E-state index contributed by atoms with van der Waals surface area (Å²) in [4.78, 5) is 4.38. The minimum Gasteiger partial charge on any atom is -0.326 e. The smallest absolute Gasteiger partial charge is 0.226 e. The maximum Gasteiger partial charge on any atom is 0.226 e. The Hall–Kier alpha value is -1.01. The van der Waals surface area contributed by atoms with Gasteiger partial charge in [0.05, 0.1) is 6.54 Å². The quantitative estimate of drug-likeness (QED) is 0.689. The van der Waals surface area contributed by atoms with Crippen molar-refractivity contribution in [1.29, 1.82) is 0 Å². The van der Waals surface area contributed by atoms with E-state index in [-0.39, 0.29) is 6.04 Å². The summed E-state index contributed by atoms with van der Waals surface area (Å²) >= 11 is 1.56. The van der Waals surface area contributed by atoms with E-state index in [1.54, 1.807) is 11.8 Å². The topological polar surface area (TPSA) is 68.8 Å². The predicted octanol–water partition coefficient (Wildman–Crippen LogP) is 0.801. The van der Waals surface area contributed by atoms with Crippen LogP contribution in [-0.4, -0.2) is 27.1 Å². The molecule has 0 aromatic carbocycles. The molecule has 1 aliphatic heterocycles. The van der Waals surface area contributed by atoms with Crippen molar-refractivity contribution in [2.75, 3.05) is 11.6 Å². The van der Waals surface area contributed by atoms with Crippen molar-refractivity contribution >= 4 is 17.7 Å². The molecule has 0 amide bonds. The number of nitrogens with two attached hydrogens (primary N) is 1. The maximum atomic E-state index is 6.00. The highest BCUT2D eigenvalue weighted by Crippen LogP contribution is 2.31. The van der Waals surface area contributed by atoms with E-state index >= 15 is 0 Å². The molecule has 15 heavy (non-hydrogen) atoms. The molecule has 1 aromatic rings. The van der Waals surface area contributed by atoms with Gasteiger partial charge in [-0.1, -0.05) is 11.8 Å². The molecule has 0 radical (unpaired) electrons. The highest BCUT2D eigenvalue weighted by atomic mass is 32.2. The summed E-state index contributed by atoms with van der Waals surface area (Å²) < 4.78 is 1.92. The first-order valence-electron chi connectivity index (χ1n) is 5.01. The van der Waals surface area contributed by atoms with Gasteiger partial charge in [-0.2, -0.15) is 4.98 Å². The third kappa shape index (κ3) is 1.36. The fourth-order valence-corrected chi connectivity index (χ4v) is 2.49. The van der Waals surface area contributed by atoms with Crippen molar-refractivity contribution in [2.24, 2.45) is 5.73 Å². The minimum atomic E-state index is 0.156. The van der Waals surface area contributed by atoms with Gasteiger partial charge in [-0.05, 0) is 24.7 Å². The van der Waals surface area contributed by atoms with E-state index in [0.717, 1.165) is 30.5 Å². The number of aromatic nitrogens is 3. The van der Waals surface area contributed by atoms with E-state index in [2.05, 4.69) is 15.4 Å². The molecule has 0 fully saturated rings. The zero-order valence-corrected chi connectivity index (χ0v) is 9.34. The number of hydrogen-bond donors (Lipinski definition) is 2. The molecule has 0 saturated carbocycles. The van der Waals surface area contributed by atoms with Gasteiger partial charge in [0.25, 0.3) is 0 Å². The van der Waals surface area contributed by atoms with Gasteiger partial charge in [-0.25, -0.2) is 4.68 Å². The lowest BCUT2D eigenvalue weighted by molar-refractivity contribution is 0.641. The Kier molecular flexibility index (Phi) is 2.00. The van der Waals surface area contributed by atoms with Crippen LogP contribution in [0, 0.1) is 0 Å². The number of allylic oxidation sites excluding steroid dienone is 1. The van der Waals surface area contributed by atoms with Crippen LogP contribution in [0.15, 0.2) is 16.4 Å². The van der Waals surface area contributed by atoms with E-state index in [4.69, 9.17) is 5.73 Å². The molecular weight excluding hydrogens is 210 g/mol. The van der Waals surface area contributed by atoms with Crippen LogP contribution in [0.2, 0.25) is 0 Å². The Bertz CT molecular complexity index is 436. The van der Waals surface area contributed by atoms with Gasteiger partial charge in [0.15, 0.2) is 0 Å². The van der Waals surface area contributed by atoms with E-state index in [1.165, 1.54) is 11.3 Å². The third-order valence-electron chi connectivity index (χ3n) is 2.93. The van der Waals surface area contributed by atoms with Crippen molar-refractivity contribution in [3.05, 3.63) is 11.3 Å². The van der Waals surface area contributed by atoms with Crippen molar-refractivity contribution in [2.45, 2.75) is 30.6 Å². The molecule has 6 heteroatoms. The van der Waals surface area contributed by atoms with Gasteiger partial charge in [-0.15, -0.1) is 5.10 Å². The molecule has 0 bridgehead atoms. The molecule has 3 rings (SSSR count). The standard InChI is InChI=1S/C9H13N5S/c1-15-9-12-8-11-7-5(2-3-6(7)10)4-14(8)13-9/h6H,2-4,10H2,1H3,(H,11,12,13). The highest BCUT2D eigenvalue weighted by Gasteiger charge is 2.28. The van der Waals surface area contributed by atoms with Crippen LogP contribution in [0.4, 0.5) is 5.95 Å². The van der Waals surface area contributed by atoms with E-state index in [9.17, 15) is 0 Å². The van der Waals surface area contributed by atoms with Gasteiger partial charge in [0.1, 0.15) is 0 Å². The first kappa shape index (κ1) is 9.23. The second-order valence-corrected chi connectivity index (χ2v) is 4.64. The van der Waals surface area contributed by atoms with E-state index in [0.29, 0.717) is 0 Å². The van der Waals surface area contributed by atoms with Crippen LogP contribution in [0.1, 0.15) is 12.8 Å². The molecule has 2 aliphatic rings. The van der Waals surface area contributed by atoms with Crippen molar-refractivity contribution in [3.63, 3.8) is 0 Å². The summed E-state index contributed by atoms with van der Waals surface area (Å²) in [6.45, 7) is 0.846. The SMILES string of the molecule is CSc1nc2n(n1)CC1=C(N2)C(N)CC1. The summed E-state index contributed by atoms with van der Waals surface area (Å²) in [6, 6.07) is 0.156. The minimum absolute atomic E-state index is 0.156. The molecule has 1 aromatic heterocycles. The molecule has 0 saturated heterocycles. The molecule has 0 spiro atoms. The van der Waals surface area contributed by atoms with Crippen LogP contribution in [0.5, 0.6) is 0 Å². The summed E-state index contributed by atoms with van der Waals surface area (Å²) in [5, 5.41) is 8.49. The molecule has 3 N–H and O–H groups in total. The largest absolute Gasteiger partial charge is 0.326 e. The lowest BCUT2D eigenvalue weighted by Gasteiger charge is -2.19. The highest BCUT2D eigenvalue weighted by molar-refractivity contribution is 7.98. The van der Waals surface area contributed by atoms with Gasteiger partial charge < -0.3 is 11.1 Å². The summed E-state index contributed by atoms with van der Waals surface area (Å²) in [5.41, 5.74) is 8.55. The van der Waals surface area contributed by atoms with Gasteiger partial charge in [-0.3, -0.25) is 0 Å². The van der Waals surface area contributed by atoms with Crippen LogP contribution >= 0.6 is 11.8 Å². The molecule has 2 heterocycles. The van der Waals surface area contributed by atoms with Crippen molar-refractivity contribution in [1.82, 2.24) is 14.8 Å². The van der Waals surface area contributed by atoms with Crippen LogP contribution in [0.3, 0.4) is 0 Å². The fraction of sp³-hybridized carbons (Fsp3) is 0.556.